The SMILES string of the molecule is CS(=O)(=O)O.O=C(NNC=Nc1ccccc1Cl)c1cc2cc(Cl)ccc2[nH]1. The Labute approximate surface area is 171 Å². The van der Waals surface area contributed by atoms with Gasteiger partial charge in [0.05, 0.1) is 17.0 Å². The van der Waals surface area contributed by atoms with E-state index in [0.29, 0.717) is 27.7 Å². The van der Waals surface area contributed by atoms with Gasteiger partial charge in [-0.1, -0.05) is 35.3 Å². The maximum Gasteiger partial charge on any atom is 0.286 e. The average molecular weight is 443 g/mol. The molecule has 1 heterocycles. The summed E-state index contributed by atoms with van der Waals surface area (Å²) >= 11 is 11.9. The summed E-state index contributed by atoms with van der Waals surface area (Å²) in [4.78, 5) is 19.2. The van der Waals surface area contributed by atoms with Crippen LogP contribution in [0.3, 0.4) is 0 Å². The minimum absolute atomic E-state index is 0.317. The number of aromatic nitrogens is 1. The molecule has 0 fully saturated rings. The highest BCUT2D eigenvalue weighted by Gasteiger charge is 2.08. The smallest absolute Gasteiger partial charge is 0.286 e. The molecule has 0 spiro atoms. The lowest BCUT2D eigenvalue weighted by Gasteiger charge is -2.02. The number of aliphatic imine (C=N–C) groups is 1. The van der Waals surface area contributed by atoms with Crippen LogP contribution < -0.4 is 10.9 Å². The van der Waals surface area contributed by atoms with Crippen LogP contribution in [-0.2, 0) is 10.1 Å². The van der Waals surface area contributed by atoms with Crippen LogP contribution in [0.25, 0.3) is 10.9 Å². The Balaban J connectivity index is 0.000000500. The van der Waals surface area contributed by atoms with Gasteiger partial charge in [0.2, 0.25) is 0 Å². The summed E-state index contributed by atoms with van der Waals surface area (Å²) in [5.74, 6) is -0.317. The summed E-state index contributed by atoms with van der Waals surface area (Å²) in [6, 6.07) is 14.2. The zero-order valence-corrected chi connectivity index (χ0v) is 16.8. The van der Waals surface area contributed by atoms with E-state index in [2.05, 4.69) is 20.8 Å². The fraction of sp³-hybridized carbons (Fsp3) is 0.0588. The number of para-hydroxylation sites is 1. The van der Waals surface area contributed by atoms with Gasteiger partial charge < -0.3 is 4.98 Å². The summed E-state index contributed by atoms with van der Waals surface area (Å²) < 4.78 is 25.9. The molecule has 3 aromatic rings. The van der Waals surface area contributed by atoms with E-state index in [1.165, 1.54) is 6.34 Å². The van der Waals surface area contributed by atoms with Gasteiger partial charge in [0.25, 0.3) is 16.0 Å². The molecule has 1 amide bonds. The maximum atomic E-state index is 12.1. The van der Waals surface area contributed by atoms with Gasteiger partial charge in [0.1, 0.15) is 12.0 Å². The topological polar surface area (TPSA) is 124 Å². The number of nitrogens with zero attached hydrogens (tertiary/aromatic N) is 1. The Kier molecular flexibility index (Phi) is 7.41. The van der Waals surface area contributed by atoms with E-state index in [4.69, 9.17) is 27.8 Å². The van der Waals surface area contributed by atoms with Crippen LogP contribution in [0.4, 0.5) is 5.69 Å². The third-order valence-corrected chi connectivity index (χ3v) is 3.69. The summed E-state index contributed by atoms with van der Waals surface area (Å²) in [6.07, 6.45) is 2.08. The second-order valence-electron chi connectivity index (χ2n) is 5.46. The number of aromatic amines is 1. The van der Waals surface area contributed by atoms with E-state index in [9.17, 15) is 13.2 Å². The summed E-state index contributed by atoms with van der Waals surface area (Å²) in [5.41, 5.74) is 7.00. The highest BCUT2D eigenvalue weighted by molar-refractivity contribution is 7.85. The number of hydrazine groups is 1. The number of carbonyl (C=O) groups excluding carboxylic acids is 1. The van der Waals surface area contributed by atoms with Crippen molar-refractivity contribution in [1.82, 2.24) is 15.8 Å². The molecule has 0 atom stereocenters. The first-order valence-corrected chi connectivity index (χ1v) is 10.3. The molecule has 0 saturated carbocycles. The van der Waals surface area contributed by atoms with Gasteiger partial charge in [0.15, 0.2) is 0 Å². The highest BCUT2D eigenvalue weighted by Crippen LogP contribution is 2.23. The lowest BCUT2D eigenvalue weighted by atomic mass is 10.2. The molecule has 0 unspecified atom stereocenters. The molecule has 0 aliphatic rings. The number of fused-ring (bicyclic) bond motifs is 1. The summed E-state index contributed by atoms with van der Waals surface area (Å²) in [6.45, 7) is 0. The molecule has 0 bridgehead atoms. The predicted molar refractivity (Wildman–Crippen MR) is 111 cm³/mol. The molecule has 1 aromatic heterocycles. The molecule has 0 radical (unpaired) electrons. The van der Waals surface area contributed by atoms with Gasteiger partial charge in [0, 0.05) is 15.9 Å². The molecular formula is C17H16Cl2N4O4S. The van der Waals surface area contributed by atoms with Crippen molar-refractivity contribution in [3.8, 4) is 0 Å². The Morgan fingerprint density at radius 3 is 2.54 bits per heavy atom. The van der Waals surface area contributed by atoms with Crippen molar-refractivity contribution in [2.24, 2.45) is 4.99 Å². The van der Waals surface area contributed by atoms with Gasteiger partial charge in [-0.05, 0) is 36.4 Å². The molecule has 8 nitrogen and oxygen atoms in total. The van der Waals surface area contributed by atoms with E-state index in [1.807, 2.05) is 18.2 Å². The van der Waals surface area contributed by atoms with E-state index >= 15 is 0 Å². The minimum atomic E-state index is -3.67. The summed E-state index contributed by atoms with van der Waals surface area (Å²) in [7, 11) is -3.67. The van der Waals surface area contributed by atoms with Crippen LogP contribution in [0.2, 0.25) is 10.0 Å². The Morgan fingerprint density at radius 2 is 1.86 bits per heavy atom. The van der Waals surface area contributed by atoms with Gasteiger partial charge in [-0.15, -0.1) is 0 Å². The zero-order valence-electron chi connectivity index (χ0n) is 14.5. The van der Waals surface area contributed by atoms with E-state index < -0.39 is 10.1 Å². The van der Waals surface area contributed by atoms with Crippen molar-refractivity contribution in [2.45, 2.75) is 0 Å². The molecular weight excluding hydrogens is 427 g/mol. The van der Waals surface area contributed by atoms with Crippen LogP contribution in [0.1, 0.15) is 10.5 Å². The third kappa shape index (κ3) is 7.20. The van der Waals surface area contributed by atoms with Crippen LogP contribution in [0, 0.1) is 0 Å². The quantitative estimate of drug-likeness (QED) is 0.212. The van der Waals surface area contributed by atoms with Gasteiger partial charge in [-0.25, -0.2) is 4.99 Å². The number of hydrogen-bond acceptors (Lipinski definition) is 4. The van der Waals surface area contributed by atoms with Crippen molar-refractivity contribution in [2.75, 3.05) is 6.26 Å². The second-order valence-corrected chi connectivity index (χ2v) is 7.77. The first-order chi connectivity index (χ1) is 13.1. The van der Waals surface area contributed by atoms with Crippen molar-refractivity contribution in [1.29, 1.82) is 0 Å². The van der Waals surface area contributed by atoms with Crippen LogP contribution in [-0.4, -0.2) is 36.5 Å². The number of rotatable bonds is 4. The molecule has 4 N–H and O–H groups in total. The number of nitrogens with one attached hydrogen (secondary N) is 3. The lowest BCUT2D eigenvalue weighted by molar-refractivity contribution is 0.0940. The van der Waals surface area contributed by atoms with Crippen LogP contribution in [0.15, 0.2) is 53.5 Å². The number of amides is 1. The van der Waals surface area contributed by atoms with Gasteiger partial charge in [-0.3, -0.25) is 20.2 Å². The number of halogens is 2. The van der Waals surface area contributed by atoms with Gasteiger partial charge in [-0.2, -0.15) is 8.42 Å². The first-order valence-electron chi connectivity index (χ1n) is 7.67. The standard InChI is InChI=1S/C16H12Cl2N4O.CH4O3S/c17-11-5-6-13-10(7-11)8-15(21-13)16(23)22-20-9-19-14-4-2-1-3-12(14)18;1-5(2,3)4/h1-9,21H,(H,19,20)(H,22,23);1H3,(H,2,3,4). The van der Waals surface area contributed by atoms with Crippen LogP contribution in [0.5, 0.6) is 0 Å². The Morgan fingerprint density at radius 1 is 1.18 bits per heavy atom. The monoisotopic (exact) mass is 442 g/mol. The molecule has 0 aliphatic carbocycles. The van der Waals surface area contributed by atoms with Crippen molar-refractivity contribution < 1.29 is 17.8 Å². The number of benzene rings is 2. The highest BCUT2D eigenvalue weighted by atomic mass is 35.5. The molecule has 11 heteroatoms. The molecule has 3 rings (SSSR count). The molecule has 0 saturated heterocycles. The Bertz CT molecular complexity index is 1110. The molecule has 148 valence electrons. The minimum Gasteiger partial charge on any atom is -0.350 e. The fourth-order valence-electron chi connectivity index (χ4n) is 2.05. The largest absolute Gasteiger partial charge is 0.350 e. The first kappa shape index (κ1) is 21.7. The van der Waals surface area contributed by atoms with Gasteiger partial charge >= 0.3 is 0 Å². The summed E-state index contributed by atoms with van der Waals surface area (Å²) in [5, 5.41) is 2.02. The number of hydrogen-bond donors (Lipinski definition) is 4. The van der Waals surface area contributed by atoms with E-state index in [-0.39, 0.29) is 5.91 Å². The molecule has 28 heavy (non-hydrogen) atoms. The van der Waals surface area contributed by atoms with Crippen LogP contribution >= 0.6 is 23.2 Å². The average Bonchev–Trinajstić information content (AvgIpc) is 3.01. The zero-order chi connectivity index (χ0) is 20.7. The van der Waals surface area contributed by atoms with Crippen molar-refractivity contribution >= 4 is 62.2 Å². The number of carbonyl (C=O) groups is 1. The second kappa shape index (κ2) is 9.56. The van der Waals surface area contributed by atoms with E-state index in [1.54, 1.807) is 30.3 Å². The van der Waals surface area contributed by atoms with E-state index in [0.717, 1.165) is 10.9 Å². The lowest BCUT2D eigenvalue weighted by Crippen LogP contribution is -2.36. The predicted octanol–water partition coefficient (Wildman–Crippen LogP) is 3.57. The number of H-pyrrole nitrogens is 1. The van der Waals surface area contributed by atoms with Crippen molar-refractivity contribution in [3.05, 3.63) is 64.3 Å². The molecule has 2 aromatic carbocycles. The fourth-order valence-corrected chi connectivity index (χ4v) is 2.41. The maximum absolute atomic E-state index is 12.1. The normalized spacial score (nSPS) is 11.1. The third-order valence-electron chi connectivity index (χ3n) is 3.13. The molecule has 0 aliphatic heterocycles. The van der Waals surface area contributed by atoms with Crippen molar-refractivity contribution in [3.63, 3.8) is 0 Å². The Hall–Kier alpha value is -2.59.